The van der Waals surface area contributed by atoms with Crippen molar-refractivity contribution in [2.75, 3.05) is 19.8 Å². The van der Waals surface area contributed by atoms with Crippen molar-refractivity contribution in [1.29, 1.82) is 0 Å². The van der Waals surface area contributed by atoms with Gasteiger partial charge in [0.2, 0.25) is 0 Å². The first-order valence-electron chi connectivity index (χ1n) is 6.93. The monoisotopic (exact) mass is 263 g/mol. The molecule has 0 aromatic heterocycles. The largest absolute Gasteiger partial charge is 0.490 e. The summed E-state index contributed by atoms with van der Waals surface area (Å²) in [5, 5.41) is 3.22. The zero-order valence-corrected chi connectivity index (χ0v) is 11.6. The van der Waals surface area contributed by atoms with Gasteiger partial charge in [0.25, 0.3) is 0 Å². The van der Waals surface area contributed by atoms with Crippen LogP contribution in [0.1, 0.15) is 37.0 Å². The van der Waals surface area contributed by atoms with Crippen LogP contribution in [0.2, 0.25) is 0 Å². The zero-order chi connectivity index (χ0) is 13.7. The van der Waals surface area contributed by atoms with Gasteiger partial charge in [-0.2, -0.15) is 0 Å². The maximum absolute atomic E-state index is 12.3. The van der Waals surface area contributed by atoms with E-state index >= 15 is 0 Å². The van der Waals surface area contributed by atoms with Gasteiger partial charge in [0.1, 0.15) is 0 Å². The second kappa shape index (κ2) is 6.57. The van der Waals surface area contributed by atoms with Crippen LogP contribution in [0.15, 0.2) is 18.2 Å². The van der Waals surface area contributed by atoms with Crippen molar-refractivity contribution in [3.05, 3.63) is 23.8 Å². The summed E-state index contributed by atoms with van der Waals surface area (Å²) in [6, 6.07) is 5.37. The van der Waals surface area contributed by atoms with E-state index in [0.717, 1.165) is 19.4 Å². The summed E-state index contributed by atoms with van der Waals surface area (Å²) in [5.41, 5.74) is 0.686. The van der Waals surface area contributed by atoms with E-state index in [4.69, 9.17) is 9.47 Å². The molecule has 19 heavy (non-hydrogen) atoms. The molecule has 1 aromatic carbocycles. The van der Waals surface area contributed by atoms with Gasteiger partial charge in [0.05, 0.1) is 19.3 Å². The Morgan fingerprint density at radius 3 is 2.63 bits per heavy atom. The fourth-order valence-electron chi connectivity index (χ4n) is 2.31. The molecule has 4 nitrogen and oxygen atoms in total. The van der Waals surface area contributed by atoms with E-state index in [2.05, 4.69) is 5.32 Å². The normalized spacial score (nSPS) is 18.3. The quantitative estimate of drug-likeness (QED) is 0.801. The van der Waals surface area contributed by atoms with Crippen LogP contribution in [0.5, 0.6) is 11.5 Å². The molecule has 1 N–H and O–H groups in total. The number of hydrogen-bond donors (Lipinski definition) is 1. The predicted octanol–water partition coefficient (Wildman–Crippen LogP) is 2.42. The van der Waals surface area contributed by atoms with Crippen molar-refractivity contribution in [2.45, 2.75) is 32.7 Å². The standard InChI is InChI=1S/C15H21NO3/c1-3-18-13-8-7-11(10-14(13)19-4-2)15(17)12-6-5-9-16-12/h7-8,10,12,16H,3-6,9H2,1-2H3. The fraction of sp³-hybridized carbons (Fsp3) is 0.533. The second-order valence-corrected chi connectivity index (χ2v) is 4.54. The molecule has 0 bridgehead atoms. The molecular formula is C15H21NO3. The van der Waals surface area contributed by atoms with Crippen LogP contribution in [0, 0.1) is 0 Å². The average Bonchev–Trinajstić information content (AvgIpc) is 2.94. The maximum atomic E-state index is 12.3. The first-order chi connectivity index (χ1) is 9.26. The summed E-state index contributed by atoms with van der Waals surface area (Å²) in [6.45, 7) is 5.91. The van der Waals surface area contributed by atoms with Crippen molar-refractivity contribution in [3.8, 4) is 11.5 Å². The molecule has 1 unspecified atom stereocenters. The third kappa shape index (κ3) is 3.26. The smallest absolute Gasteiger partial charge is 0.179 e. The van der Waals surface area contributed by atoms with E-state index in [1.54, 1.807) is 6.07 Å². The Kier molecular flexibility index (Phi) is 4.80. The number of rotatable bonds is 6. The molecule has 2 rings (SSSR count). The molecule has 4 heteroatoms. The summed E-state index contributed by atoms with van der Waals surface area (Å²) >= 11 is 0. The van der Waals surface area contributed by atoms with Gasteiger partial charge in [-0.1, -0.05) is 0 Å². The number of nitrogens with one attached hydrogen (secondary N) is 1. The molecule has 0 amide bonds. The van der Waals surface area contributed by atoms with Gasteiger partial charge in [-0.25, -0.2) is 0 Å². The van der Waals surface area contributed by atoms with Gasteiger partial charge in [-0.15, -0.1) is 0 Å². The van der Waals surface area contributed by atoms with E-state index in [-0.39, 0.29) is 11.8 Å². The summed E-state index contributed by atoms with van der Waals surface area (Å²) in [4.78, 5) is 12.3. The van der Waals surface area contributed by atoms with Crippen molar-refractivity contribution in [2.24, 2.45) is 0 Å². The summed E-state index contributed by atoms with van der Waals surface area (Å²) in [5.74, 6) is 1.48. The predicted molar refractivity (Wildman–Crippen MR) is 74.1 cm³/mol. The molecule has 1 atom stereocenters. The van der Waals surface area contributed by atoms with Crippen LogP contribution in [0.3, 0.4) is 0 Å². The Morgan fingerprint density at radius 2 is 2.00 bits per heavy atom. The molecule has 1 aliphatic heterocycles. The molecule has 0 spiro atoms. The Hall–Kier alpha value is -1.55. The number of ether oxygens (including phenoxy) is 2. The van der Waals surface area contributed by atoms with Gasteiger partial charge in [-0.3, -0.25) is 4.79 Å². The van der Waals surface area contributed by atoms with E-state index in [1.165, 1.54) is 0 Å². The summed E-state index contributed by atoms with van der Waals surface area (Å²) in [7, 11) is 0. The van der Waals surface area contributed by atoms with Crippen LogP contribution >= 0.6 is 0 Å². The van der Waals surface area contributed by atoms with Gasteiger partial charge >= 0.3 is 0 Å². The molecule has 0 aliphatic carbocycles. The summed E-state index contributed by atoms with van der Waals surface area (Å²) in [6.07, 6.45) is 1.97. The van der Waals surface area contributed by atoms with Crippen molar-refractivity contribution >= 4 is 5.78 Å². The highest BCUT2D eigenvalue weighted by Crippen LogP contribution is 2.29. The molecule has 1 aromatic rings. The minimum atomic E-state index is -0.0487. The SMILES string of the molecule is CCOc1ccc(C(=O)C2CCCN2)cc1OCC. The van der Waals surface area contributed by atoms with E-state index < -0.39 is 0 Å². The molecule has 104 valence electrons. The molecule has 1 aliphatic rings. The lowest BCUT2D eigenvalue weighted by atomic mass is 10.0. The molecule has 0 radical (unpaired) electrons. The number of Topliss-reactive ketones (excluding diaryl/α,β-unsaturated/α-hetero) is 1. The highest BCUT2D eigenvalue weighted by atomic mass is 16.5. The number of carbonyl (C=O) groups excluding carboxylic acids is 1. The van der Waals surface area contributed by atoms with E-state index in [9.17, 15) is 4.79 Å². The van der Waals surface area contributed by atoms with Crippen molar-refractivity contribution in [3.63, 3.8) is 0 Å². The van der Waals surface area contributed by atoms with Gasteiger partial charge in [0.15, 0.2) is 17.3 Å². The van der Waals surface area contributed by atoms with E-state index in [0.29, 0.717) is 30.3 Å². The second-order valence-electron chi connectivity index (χ2n) is 4.54. The van der Waals surface area contributed by atoms with Crippen LogP contribution in [-0.2, 0) is 0 Å². The Bertz CT molecular complexity index is 439. The lowest BCUT2D eigenvalue weighted by Gasteiger charge is -2.14. The van der Waals surface area contributed by atoms with Crippen molar-refractivity contribution in [1.82, 2.24) is 5.32 Å². The topological polar surface area (TPSA) is 47.6 Å². The zero-order valence-electron chi connectivity index (χ0n) is 11.6. The van der Waals surface area contributed by atoms with Crippen LogP contribution < -0.4 is 14.8 Å². The molecule has 1 saturated heterocycles. The minimum absolute atomic E-state index is 0.0487. The van der Waals surface area contributed by atoms with Gasteiger partial charge in [-0.05, 0) is 51.4 Å². The highest BCUT2D eigenvalue weighted by Gasteiger charge is 2.24. The highest BCUT2D eigenvalue weighted by molar-refractivity contribution is 6.00. The van der Waals surface area contributed by atoms with Gasteiger partial charge < -0.3 is 14.8 Å². The molecule has 1 heterocycles. The third-order valence-electron chi connectivity index (χ3n) is 3.20. The first-order valence-corrected chi connectivity index (χ1v) is 6.93. The summed E-state index contributed by atoms with van der Waals surface area (Å²) < 4.78 is 11.0. The van der Waals surface area contributed by atoms with Crippen LogP contribution in [0.25, 0.3) is 0 Å². The van der Waals surface area contributed by atoms with Crippen LogP contribution in [0.4, 0.5) is 0 Å². The lowest BCUT2D eigenvalue weighted by molar-refractivity contribution is 0.0952. The number of hydrogen-bond acceptors (Lipinski definition) is 4. The number of benzene rings is 1. The third-order valence-corrected chi connectivity index (χ3v) is 3.20. The van der Waals surface area contributed by atoms with Crippen molar-refractivity contribution < 1.29 is 14.3 Å². The molecule has 0 saturated carbocycles. The number of ketones is 1. The average molecular weight is 263 g/mol. The fourth-order valence-corrected chi connectivity index (χ4v) is 2.31. The molecule has 1 fully saturated rings. The Morgan fingerprint density at radius 1 is 1.26 bits per heavy atom. The molecular weight excluding hydrogens is 242 g/mol. The number of carbonyl (C=O) groups is 1. The maximum Gasteiger partial charge on any atom is 0.179 e. The Balaban J connectivity index is 2.21. The van der Waals surface area contributed by atoms with E-state index in [1.807, 2.05) is 26.0 Å². The lowest BCUT2D eigenvalue weighted by Crippen LogP contribution is -2.30. The minimum Gasteiger partial charge on any atom is -0.490 e. The van der Waals surface area contributed by atoms with Crippen LogP contribution in [-0.4, -0.2) is 31.6 Å². The van der Waals surface area contributed by atoms with Gasteiger partial charge in [0, 0.05) is 5.56 Å². The first kappa shape index (κ1) is 13.9. The Labute approximate surface area is 114 Å².